The predicted molar refractivity (Wildman–Crippen MR) is 30.8 cm³/mol. The van der Waals surface area contributed by atoms with Crippen molar-refractivity contribution in [3.05, 3.63) is 0 Å². The minimum absolute atomic E-state index is 0.170. The van der Waals surface area contributed by atoms with Crippen LogP contribution in [0.3, 0.4) is 0 Å². The zero-order chi connectivity index (χ0) is 5.98. The van der Waals surface area contributed by atoms with Crippen LogP contribution in [0.1, 0.15) is 6.42 Å². The molecule has 0 bridgehead atoms. The van der Waals surface area contributed by atoms with Crippen LogP contribution < -0.4 is 10.6 Å². The van der Waals surface area contributed by atoms with Crippen LogP contribution in [0.4, 0.5) is 4.79 Å². The molecule has 2 amide bonds. The van der Waals surface area contributed by atoms with E-state index in [4.69, 9.17) is 11.6 Å². The van der Waals surface area contributed by atoms with E-state index in [9.17, 15) is 4.79 Å². The molecule has 3 nitrogen and oxygen atoms in total. The summed E-state index contributed by atoms with van der Waals surface area (Å²) >= 11 is 5.54. The third-order valence-electron chi connectivity index (χ3n) is 0.971. The summed E-state index contributed by atoms with van der Waals surface area (Å²) in [4.78, 5) is 10.4. The Bertz CT molecular complexity index is 106. The zero-order valence-electron chi connectivity index (χ0n) is 4.28. The van der Waals surface area contributed by atoms with Crippen molar-refractivity contribution >= 4 is 17.6 Å². The first kappa shape index (κ1) is 5.69. The highest BCUT2D eigenvalue weighted by molar-refractivity contribution is 6.21. The molecule has 0 aromatic carbocycles. The van der Waals surface area contributed by atoms with Crippen LogP contribution in [0.15, 0.2) is 0 Å². The van der Waals surface area contributed by atoms with Crippen molar-refractivity contribution in [1.29, 1.82) is 0 Å². The summed E-state index contributed by atoms with van der Waals surface area (Å²) in [7, 11) is 0. The van der Waals surface area contributed by atoms with E-state index in [1.165, 1.54) is 0 Å². The molecular weight excluding hydrogens is 128 g/mol. The van der Waals surface area contributed by atoms with Crippen LogP contribution in [-0.4, -0.2) is 18.1 Å². The number of carbonyl (C=O) groups is 1. The Kier molecular flexibility index (Phi) is 1.58. The molecule has 1 aliphatic rings. The molecule has 0 aromatic heterocycles. The normalized spacial score (nSPS) is 28.6. The maximum absolute atomic E-state index is 10.4. The minimum Gasteiger partial charge on any atom is -0.338 e. The summed E-state index contributed by atoms with van der Waals surface area (Å²) in [5.74, 6) is 0. The van der Waals surface area contributed by atoms with Gasteiger partial charge in [-0.1, -0.05) is 11.6 Å². The van der Waals surface area contributed by atoms with E-state index in [1.54, 1.807) is 0 Å². The monoisotopic (exact) mass is 134 g/mol. The van der Waals surface area contributed by atoms with Gasteiger partial charge in [-0.25, -0.2) is 4.79 Å². The van der Waals surface area contributed by atoms with Crippen LogP contribution in [0, 0.1) is 0 Å². The van der Waals surface area contributed by atoms with Gasteiger partial charge in [-0.3, -0.25) is 0 Å². The highest BCUT2D eigenvalue weighted by atomic mass is 35.5. The maximum atomic E-state index is 10.4. The van der Waals surface area contributed by atoms with Gasteiger partial charge in [0.05, 0.1) is 0 Å². The number of nitrogens with one attached hydrogen (secondary N) is 2. The van der Waals surface area contributed by atoms with Gasteiger partial charge in [0.1, 0.15) is 5.50 Å². The largest absolute Gasteiger partial charge is 0.338 e. The topological polar surface area (TPSA) is 41.1 Å². The van der Waals surface area contributed by atoms with E-state index in [0.29, 0.717) is 6.54 Å². The van der Waals surface area contributed by atoms with E-state index in [-0.39, 0.29) is 11.5 Å². The van der Waals surface area contributed by atoms with Crippen molar-refractivity contribution in [3.8, 4) is 0 Å². The number of rotatable bonds is 0. The number of hydrogen-bond acceptors (Lipinski definition) is 1. The Balaban J connectivity index is 2.34. The molecule has 8 heavy (non-hydrogen) atoms. The molecule has 1 unspecified atom stereocenters. The Morgan fingerprint density at radius 1 is 1.75 bits per heavy atom. The molecule has 0 saturated carbocycles. The second-order valence-corrected chi connectivity index (χ2v) is 2.18. The molecule has 0 radical (unpaired) electrons. The first-order chi connectivity index (χ1) is 3.79. The molecule has 1 atom stereocenters. The fourth-order valence-electron chi connectivity index (χ4n) is 0.578. The van der Waals surface area contributed by atoms with Gasteiger partial charge in [0, 0.05) is 6.54 Å². The third-order valence-corrected chi connectivity index (χ3v) is 1.30. The molecule has 0 aliphatic carbocycles. The van der Waals surface area contributed by atoms with E-state index in [0.717, 1.165) is 6.42 Å². The molecule has 2 N–H and O–H groups in total. The average molecular weight is 135 g/mol. The Hall–Kier alpha value is -0.440. The van der Waals surface area contributed by atoms with Gasteiger partial charge in [-0.15, -0.1) is 0 Å². The van der Waals surface area contributed by atoms with Gasteiger partial charge < -0.3 is 10.6 Å². The molecule has 1 saturated heterocycles. The summed E-state index contributed by atoms with van der Waals surface area (Å²) in [5.41, 5.74) is -0.177. The third kappa shape index (κ3) is 1.26. The van der Waals surface area contributed by atoms with Crippen LogP contribution in [-0.2, 0) is 0 Å². The Morgan fingerprint density at radius 3 is 2.88 bits per heavy atom. The molecule has 1 heterocycles. The highest BCUT2D eigenvalue weighted by Gasteiger charge is 2.12. The first-order valence-electron chi connectivity index (χ1n) is 2.47. The fraction of sp³-hybridized carbons (Fsp3) is 0.750. The molecule has 0 aromatic rings. The van der Waals surface area contributed by atoms with E-state index < -0.39 is 0 Å². The molecule has 1 fully saturated rings. The second kappa shape index (κ2) is 2.22. The van der Waals surface area contributed by atoms with E-state index in [1.807, 2.05) is 0 Å². The van der Waals surface area contributed by atoms with Gasteiger partial charge in [-0.05, 0) is 6.42 Å². The number of alkyl halides is 1. The van der Waals surface area contributed by atoms with Crippen molar-refractivity contribution in [2.24, 2.45) is 0 Å². The minimum atomic E-state index is -0.177. The molecule has 1 aliphatic heterocycles. The second-order valence-electron chi connectivity index (χ2n) is 1.66. The zero-order valence-corrected chi connectivity index (χ0v) is 5.03. The molecule has 46 valence electrons. The van der Waals surface area contributed by atoms with Crippen molar-refractivity contribution in [2.45, 2.75) is 11.9 Å². The van der Waals surface area contributed by atoms with Crippen LogP contribution in [0.2, 0.25) is 0 Å². The van der Waals surface area contributed by atoms with Crippen molar-refractivity contribution < 1.29 is 4.79 Å². The molecular formula is C4H7ClN2O. The fourth-order valence-corrected chi connectivity index (χ4v) is 0.786. The van der Waals surface area contributed by atoms with E-state index in [2.05, 4.69) is 10.6 Å². The number of halogens is 1. The van der Waals surface area contributed by atoms with Gasteiger partial charge in [-0.2, -0.15) is 0 Å². The summed E-state index contributed by atoms with van der Waals surface area (Å²) in [6, 6.07) is -0.170. The van der Waals surface area contributed by atoms with Crippen LogP contribution in [0.5, 0.6) is 0 Å². The molecule has 0 spiro atoms. The lowest BCUT2D eigenvalue weighted by atomic mass is 10.4. The highest BCUT2D eigenvalue weighted by Crippen LogP contribution is 1.99. The number of amides is 2. The quantitative estimate of drug-likeness (QED) is 0.362. The lowest BCUT2D eigenvalue weighted by molar-refractivity contribution is 0.234. The number of hydrogen-bond donors (Lipinski definition) is 2. The smallest absolute Gasteiger partial charge is 0.315 e. The maximum Gasteiger partial charge on any atom is 0.315 e. The lowest BCUT2D eigenvalue weighted by Crippen LogP contribution is -2.46. The average Bonchev–Trinajstić information content (AvgIpc) is 1.64. The van der Waals surface area contributed by atoms with E-state index >= 15 is 0 Å². The molecule has 4 heteroatoms. The number of carbonyl (C=O) groups excluding carboxylic acids is 1. The summed E-state index contributed by atoms with van der Waals surface area (Å²) in [6.07, 6.45) is 0.799. The Labute approximate surface area is 52.4 Å². The van der Waals surface area contributed by atoms with Gasteiger partial charge in [0.15, 0.2) is 0 Å². The number of urea groups is 1. The summed E-state index contributed by atoms with van der Waals surface area (Å²) < 4.78 is 0. The van der Waals surface area contributed by atoms with Gasteiger partial charge in [0.2, 0.25) is 0 Å². The van der Waals surface area contributed by atoms with Gasteiger partial charge in [0.25, 0.3) is 0 Å². The van der Waals surface area contributed by atoms with Gasteiger partial charge >= 0.3 is 6.03 Å². The first-order valence-corrected chi connectivity index (χ1v) is 2.91. The predicted octanol–water partition coefficient (Wildman–Crippen LogP) is 0.254. The SMILES string of the molecule is O=C1NCCC(Cl)N1. The summed E-state index contributed by atoms with van der Waals surface area (Å²) in [5, 5.41) is 5.07. The summed E-state index contributed by atoms with van der Waals surface area (Å²) in [6.45, 7) is 0.681. The van der Waals surface area contributed by atoms with Crippen molar-refractivity contribution in [3.63, 3.8) is 0 Å². The van der Waals surface area contributed by atoms with Crippen molar-refractivity contribution in [2.75, 3.05) is 6.54 Å². The lowest BCUT2D eigenvalue weighted by Gasteiger charge is -2.17. The Morgan fingerprint density at radius 2 is 2.50 bits per heavy atom. The molecule has 1 rings (SSSR count). The van der Waals surface area contributed by atoms with Crippen LogP contribution in [0.25, 0.3) is 0 Å². The standard InChI is InChI=1S/C4H7ClN2O/c5-3-1-2-6-4(8)7-3/h3H,1-2H2,(H2,6,7,8). The van der Waals surface area contributed by atoms with Crippen LogP contribution >= 0.6 is 11.6 Å². The van der Waals surface area contributed by atoms with Crippen molar-refractivity contribution in [1.82, 2.24) is 10.6 Å².